The molecule has 2 rings (SSSR count). The number of nitrogens with one attached hydrogen (secondary N) is 2. The van der Waals surface area contributed by atoms with Crippen LogP contribution in [0.25, 0.3) is 0 Å². The summed E-state index contributed by atoms with van der Waals surface area (Å²) in [5.74, 6) is 0.623. The molecule has 28 heavy (non-hydrogen) atoms. The monoisotopic (exact) mass is 418 g/mol. The highest BCUT2D eigenvalue weighted by atomic mass is 32.1. The number of benzene rings is 1. The van der Waals surface area contributed by atoms with Gasteiger partial charge in [-0.15, -0.1) is 0 Å². The normalized spacial score (nSPS) is 11.3. The Hall–Kier alpha value is -2.56. The maximum absolute atomic E-state index is 12.3. The quantitative estimate of drug-likeness (QED) is 0.612. The van der Waals surface area contributed by atoms with Crippen molar-refractivity contribution < 1.29 is 27.4 Å². The highest BCUT2D eigenvalue weighted by Gasteiger charge is 2.29. The van der Waals surface area contributed by atoms with Gasteiger partial charge in [0.25, 0.3) is 0 Å². The van der Waals surface area contributed by atoms with E-state index in [1.54, 1.807) is 16.7 Å². The summed E-state index contributed by atoms with van der Waals surface area (Å²) in [5, 5.41) is 9.50. The van der Waals surface area contributed by atoms with E-state index in [9.17, 15) is 18.0 Å². The van der Waals surface area contributed by atoms with Crippen LogP contribution >= 0.6 is 12.2 Å². The predicted octanol–water partition coefficient (Wildman–Crippen LogP) is 3.16. The molecule has 0 aliphatic rings. The number of aromatic nitrogens is 3. The first kappa shape index (κ1) is 21.7. The number of ether oxygens (including phenoxy) is 2. The molecule has 0 unspecified atom stereocenters. The number of rotatable bonds is 9. The summed E-state index contributed by atoms with van der Waals surface area (Å²) in [6.07, 6.45) is -3.84. The van der Waals surface area contributed by atoms with Crippen molar-refractivity contribution in [2.75, 3.05) is 13.7 Å². The van der Waals surface area contributed by atoms with Crippen molar-refractivity contribution in [1.29, 1.82) is 0 Å². The molecular formula is C17H21F3N4O3S. The van der Waals surface area contributed by atoms with Gasteiger partial charge in [0.05, 0.1) is 13.7 Å². The maximum atomic E-state index is 12.3. The third-order valence-corrected chi connectivity index (χ3v) is 4.17. The summed E-state index contributed by atoms with van der Waals surface area (Å²) in [6.45, 7) is 1.41. The van der Waals surface area contributed by atoms with Crippen LogP contribution in [-0.4, -0.2) is 40.6 Å². The van der Waals surface area contributed by atoms with Crippen molar-refractivity contribution in [2.45, 2.75) is 39.0 Å². The Morgan fingerprint density at radius 3 is 2.75 bits per heavy atom. The number of amides is 1. The Bertz CT molecular complexity index is 864. The Labute approximate surface area is 164 Å². The van der Waals surface area contributed by atoms with E-state index in [2.05, 4.69) is 15.5 Å². The number of alkyl halides is 3. The van der Waals surface area contributed by atoms with Crippen LogP contribution in [0.1, 0.15) is 24.7 Å². The molecule has 0 saturated carbocycles. The lowest BCUT2D eigenvalue weighted by Crippen LogP contribution is -2.25. The molecule has 0 aliphatic carbocycles. The fraction of sp³-hybridized carbons (Fsp3) is 0.471. The van der Waals surface area contributed by atoms with Gasteiger partial charge in [-0.2, -0.15) is 18.3 Å². The number of halogens is 3. The van der Waals surface area contributed by atoms with Crippen LogP contribution in [0.4, 0.5) is 13.2 Å². The summed E-state index contributed by atoms with van der Waals surface area (Å²) >= 11 is 5.09. The van der Waals surface area contributed by atoms with E-state index in [0.29, 0.717) is 23.6 Å². The van der Waals surface area contributed by atoms with E-state index in [1.807, 2.05) is 6.92 Å². The number of hydrogen-bond acceptors (Lipinski definition) is 5. The van der Waals surface area contributed by atoms with Crippen LogP contribution in [0.3, 0.4) is 0 Å². The number of hydrogen-bond donors (Lipinski definition) is 2. The zero-order valence-electron chi connectivity index (χ0n) is 15.4. The number of aryl methyl sites for hydroxylation is 1. The minimum absolute atomic E-state index is 0.00426. The second kappa shape index (κ2) is 9.58. The predicted molar refractivity (Wildman–Crippen MR) is 97.8 cm³/mol. The molecule has 0 saturated heterocycles. The van der Waals surface area contributed by atoms with Gasteiger partial charge in [-0.1, -0.05) is 6.07 Å². The molecule has 0 atom stereocenters. The molecule has 1 aromatic carbocycles. The maximum Gasteiger partial charge on any atom is 0.422 e. The van der Waals surface area contributed by atoms with Gasteiger partial charge in [0.1, 0.15) is 0 Å². The van der Waals surface area contributed by atoms with E-state index in [1.165, 1.54) is 13.2 Å². The molecule has 1 heterocycles. The topological polar surface area (TPSA) is 81.2 Å². The van der Waals surface area contributed by atoms with Gasteiger partial charge in [0.15, 0.2) is 28.7 Å². The number of carbonyl (C=O) groups is 1. The van der Waals surface area contributed by atoms with Gasteiger partial charge in [-0.25, -0.2) is 0 Å². The first-order chi connectivity index (χ1) is 13.2. The lowest BCUT2D eigenvalue weighted by molar-refractivity contribution is -0.153. The lowest BCUT2D eigenvalue weighted by Gasteiger charge is -2.13. The molecule has 0 fully saturated rings. The van der Waals surface area contributed by atoms with Crippen LogP contribution in [0.5, 0.6) is 11.5 Å². The Morgan fingerprint density at radius 1 is 1.36 bits per heavy atom. The molecule has 0 aliphatic heterocycles. The molecule has 154 valence electrons. The summed E-state index contributed by atoms with van der Waals surface area (Å²) in [5.41, 5.74) is 0.739. The number of methoxy groups -OCH3 is 1. The number of H-pyrrole nitrogens is 1. The zero-order valence-corrected chi connectivity index (χ0v) is 16.2. The van der Waals surface area contributed by atoms with E-state index in [-0.39, 0.29) is 30.4 Å². The van der Waals surface area contributed by atoms with Crippen LogP contribution in [0.2, 0.25) is 0 Å². The van der Waals surface area contributed by atoms with Gasteiger partial charge < -0.3 is 19.4 Å². The van der Waals surface area contributed by atoms with Crippen LogP contribution < -0.4 is 14.8 Å². The second-order valence-corrected chi connectivity index (χ2v) is 6.24. The highest BCUT2D eigenvalue weighted by Crippen LogP contribution is 2.30. The van der Waals surface area contributed by atoms with Gasteiger partial charge in [0.2, 0.25) is 5.91 Å². The second-order valence-electron chi connectivity index (χ2n) is 5.86. The zero-order chi connectivity index (χ0) is 20.7. The Morgan fingerprint density at radius 2 is 2.11 bits per heavy atom. The van der Waals surface area contributed by atoms with E-state index in [0.717, 1.165) is 5.56 Å². The standard InChI is InChI=1S/C17H21F3N4O3S/c1-3-24-14(22-23-16(24)28)9-21-15(25)7-5-11-4-6-12(13(8-11)26-2)27-10-17(18,19)20/h4,6,8H,3,5,7,9-10H2,1-2H3,(H,21,25)(H,23,28). The minimum Gasteiger partial charge on any atom is -0.493 e. The average molecular weight is 418 g/mol. The SMILES string of the molecule is CCn1c(CNC(=O)CCc2ccc(OCC(F)(F)F)c(OC)c2)n[nH]c1=S. The van der Waals surface area contributed by atoms with Crippen molar-refractivity contribution in [3.63, 3.8) is 0 Å². The van der Waals surface area contributed by atoms with Crippen LogP contribution in [-0.2, 0) is 24.3 Å². The first-order valence-corrected chi connectivity index (χ1v) is 8.91. The Balaban J connectivity index is 1.89. The van der Waals surface area contributed by atoms with E-state index < -0.39 is 12.8 Å². The Kier molecular flexibility index (Phi) is 7.44. The summed E-state index contributed by atoms with van der Waals surface area (Å²) < 4.78 is 48.9. The molecule has 11 heteroatoms. The molecular weight excluding hydrogens is 397 g/mol. The van der Waals surface area contributed by atoms with Gasteiger partial charge >= 0.3 is 6.18 Å². The smallest absolute Gasteiger partial charge is 0.422 e. The molecule has 2 aromatic rings. The van der Waals surface area contributed by atoms with Gasteiger partial charge in [-0.05, 0) is 43.3 Å². The van der Waals surface area contributed by atoms with Crippen LogP contribution in [0.15, 0.2) is 18.2 Å². The summed E-state index contributed by atoms with van der Waals surface area (Å²) in [7, 11) is 1.34. The molecule has 1 amide bonds. The number of carbonyl (C=O) groups excluding carboxylic acids is 1. The molecule has 2 N–H and O–H groups in total. The van der Waals surface area contributed by atoms with Crippen molar-refractivity contribution in [3.05, 3.63) is 34.4 Å². The number of aromatic amines is 1. The average Bonchev–Trinajstić information content (AvgIpc) is 3.02. The molecule has 7 nitrogen and oxygen atoms in total. The molecule has 1 aromatic heterocycles. The van der Waals surface area contributed by atoms with Crippen molar-refractivity contribution >= 4 is 18.1 Å². The number of nitrogens with zero attached hydrogens (tertiary/aromatic N) is 2. The third-order valence-electron chi connectivity index (χ3n) is 3.86. The third kappa shape index (κ3) is 6.25. The van der Waals surface area contributed by atoms with E-state index >= 15 is 0 Å². The molecule has 0 bridgehead atoms. The van der Waals surface area contributed by atoms with Crippen LogP contribution in [0, 0.1) is 4.77 Å². The minimum atomic E-state index is -4.43. The van der Waals surface area contributed by atoms with Crippen molar-refractivity contribution in [2.24, 2.45) is 0 Å². The summed E-state index contributed by atoms with van der Waals surface area (Å²) in [4.78, 5) is 12.1. The van der Waals surface area contributed by atoms with Gasteiger partial charge in [0, 0.05) is 13.0 Å². The van der Waals surface area contributed by atoms with Crippen molar-refractivity contribution in [3.8, 4) is 11.5 Å². The highest BCUT2D eigenvalue weighted by molar-refractivity contribution is 7.71. The van der Waals surface area contributed by atoms with Crippen molar-refractivity contribution in [1.82, 2.24) is 20.1 Å². The fourth-order valence-electron chi connectivity index (χ4n) is 2.48. The molecule has 0 spiro atoms. The lowest BCUT2D eigenvalue weighted by atomic mass is 10.1. The van der Waals surface area contributed by atoms with E-state index in [4.69, 9.17) is 21.7 Å². The fourth-order valence-corrected chi connectivity index (χ4v) is 2.76. The molecule has 0 radical (unpaired) electrons. The first-order valence-electron chi connectivity index (χ1n) is 8.50. The summed E-state index contributed by atoms with van der Waals surface area (Å²) in [6, 6.07) is 4.56. The van der Waals surface area contributed by atoms with Gasteiger partial charge in [-0.3, -0.25) is 9.89 Å². The largest absolute Gasteiger partial charge is 0.493 e.